The highest BCUT2D eigenvalue weighted by atomic mass is 16.5. The van der Waals surface area contributed by atoms with Crippen molar-refractivity contribution in [2.24, 2.45) is 0 Å². The van der Waals surface area contributed by atoms with Crippen LogP contribution in [-0.4, -0.2) is 9.97 Å². The van der Waals surface area contributed by atoms with Crippen molar-refractivity contribution < 1.29 is 4.74 Å². The first-order valence-corrected chi connectivity index (χ1v) is 8.25. The fourth-order valence-electron chi connectivity index (χ4n) is 2.48. The average Bonchev–Trinajstić information content (AvgIpc) is 2.63. The minimum absolute atomic E-state index is 0.513. The summed E-state index contributed by atoms with van der Waals surface area (Å²) >= 11 is 0. The zero-order valence-corrected chi connectivity index (χ0v) is 14.1. The standard InChI is InChI=1S/C21H22N2O/c1-16(2)18-7-9-19(10-8-18)21-11-6-17(13-23-21)14-24-15-20-5-3-4-12-22-20/h3-13,16H,14-15H2,1-2H3. The minimum Gasteiger partial charge on any atom is -0.370 e. The summed E-state index contributed by atoms with van der Waals surface area (Å²) in [6, 6.07) is 18.6. The van der Waals surface area contributed by atoms with Crippen LogP contribution < -0.4 is 0 Å². The highest BCUT2D eigenvalue weighted by molar-refractivity contribution is 5.59. The van der Waals surface area contributed by atoms with Gasteiger partial charge in [0.15, 0.2) is 0 Å². The number of benzene rings is 1. The van der Waals surface area contributed by atoms with E-state index in [0.717, 1.165) is 22.5 Å². The molecule has 0 aliphatic carbocycles. The van der Waals surface area contributed by atoms with Crippen LogP contribution in [0.1, 0.15) is 36.6 Å². The first kappa shape index (κ1) is 16.3. The Balaban J connectivity index is 1.58. The Morgan fingerprint density at radius 2 is 1.71 bits per heavy atom. The summed E-state index contributed by atoms with van der Waals surface area (Å²) in [5.74, 6) is 0.547. The topological polar surface area (TPSA) is 35.0 Å². The Morgan fingerprint density at radius 1 is 0.875 bits per heavy atom. The van der Waals surface area contributed by atoms with E-state index in [1.165, 1.54) is 5.56 Å². The van der Waals surface area contributed by atoms with Crippen molar-refractivity contribution in [3.05, 3.63) is 83.8 Å². The molecule has 0 saturated carbocycles. The third kappa shape index (κ3) is 4.27. The third-order valence-corrected chi connectivity index (χ3v) is 3.94. The Bertz CT molecular complexity index is 750. The number of aromatic nitrogens is 2. The molecule has 0 spiro atoms. The van der Waals surface area contributed by atoms with Gasteiger partial charge in [0, 0.05) is 18.0 Å². The first-order chi connectivity index (χ1) is 11.7. The normalized spacial score (nSPS) is 11.0. The molecule has 0 saturated heterocycles. The lowest BCUT2D eigenvalue weighted by molar-refractivity contribution is 0.104. The number of nitrogens with zero attached hydrogens (tertiary/aromatic N) is 2. The van der Waals surface area contributed by atoms with Crippen LogP contribution >= 0.6 is 0 Å². The Hall–Kier alpha value is -2.52. The molecule has 0 aliphatic heterocycles. The second-order valence-electron chi connectivity index (χ2n) is 6.14. The van der Waals surface area contributed by atoms with Gasteiger partial charge in [0.25, 0.3) is 0 Å². The quantitative estimate of drug-likeness (QED) is 0.642. The highest BCUT2D eigenvalue weighted by Gasteiger charge is 2.03. The summed E-state index contributed by atoms with van der Waals surface area (Å²) in [7, 11) is 0. The molecule has 24 heavy (non-hydrogen) atoms. The Kier molecular flexibility index (Phi) is 5.34. The fourth-order valence-corrected chi connectivity index (χ4v) is 2.48. The number of hydrogen-bond donors (Lipinski definition) is 0. The van der Waals surface area contributed by atoms with Crippen LogP contribution in [0.3, 0.4) is 0 Å². The maximum atomic E-state index is 5.69. The predicted molar refractivity (Wildman–Crippen MR) is 96.5 cm³/mol. The van der Waals surface area contributed by atoms with Crippen molar-refractivity contribution in [2.45, 2.75) is 33.0 Å². The molecule has 1 aromatic carbocycles. The molecule has 0 N–H and O–H groups in total. The summed E-state index contributed by atoms with van der Waals surface area (Å²) in [5, 5.41) is 0. The number of pyridine rings is 2. The second-order valence-corrected chi connectivity index (χ2v) is 6.14. The van der Waals surface area contributed by atoms with Crippen LogP contribution in [0.4, 0.5) is 0 Å². The van der Waals surface area contributed by atoms with E-state index in [9.17, 15) is 0 Å². The number of rotatable bonds is 6. The molecule has 0 atom stereocenters. The first-order valence-electron chi connectivity index (χ1n) is 8.25. The molecule has 0 aliphatic rings. The van der Waals surface area contributed by atoms with Crippen LogP contribution in [0, 0.1) is 0 Å². The van der Waals surface area contributed by atoms with E-state index < -0.39 is 0 Å². The maximum Gasteiger partial charge on any atom is 0.0892 e. The van der Waals surface area contributed by atoms with Crippen LogP contribution in [0.25, 0.3) is 11.3 Å². The van der Waals surface area contributed by atoms with Gasteiger partial charge in [-0.25, -0.2) is 0 Å². The smallest absolute Gasteiger partial charge is 0.0892 e. The van der Waals surface area contributed by atoms with Crippen LogP contribution in [0.15, 0.2) is 67.0 Å². The van der Waals surface area contributed by atoms with E-state index >= 15 is 0 Å². The third-order valence-electron chi connectivity index (χ3n) is 3.94. The van der Waals surface area contributed by atoms with Gasteiger partial charge in [-0.3, -0.25) is 9.97 Å². The summed E-state index contributed by atoms with van der Waals surface area (Å²) in [6.07, 6.45) is 3.66. The van der Waals surface area contributed by atoms with E-state index in [1.807, 2.05) is 30.5 Å². The fraction of sp³-hybridized carbons (Fsp3) is 0.238. The lowest BCUT2D eigenvalue weighted by Gasteiger charge is -2.08. The molecule has 3 aromatic rings. The lowest BCUT2D eigenvalue weighted by atomic mass is 10.0. The molecule has 0 fully saturated rings. The predicted octanol–water partition coefficient (Wildman–Crippen LogP) is 4.98. The molecule has 3 nitrogen and oxygen atoms in total. The van der Waals surface area contributed by atoms with Crippen molar-refractivity contribution >= 4 is 0 Å². The van der Waals surface area contributed by atoms with Crippen molar-refractivity contribution in [3.63, 3.8) is 0 Å². The molecule has 0 radical (unpaired) electrons. The minimum atomic E-state index is 0.513. The van der Waals surface area contributed by atoms with E-state index in [1.54, 1.807) is 6.20 Å². The van der Waals surface area contributed by atoms with Crippen molar-refractivity contribution in [2.75, 3.05) is 0 Å². The number of hydrogen-bond acceptors (Lipinski definition) is 3. The van der Waals surface area contributed by atoms with Crippen LogP contribution in [-0.2, 0) is 18.0 Å². The van der Waals surface area contributed by atoms with E-state index in [-0.39, 0.29) is 0 Å². The summed E-state index contributed by atoms with van der Waals surface area (Å²) in [4.78, 5) is 8.80. The van der Waals surface area contributed by atoms with E-state index in [4.69, 9.17) is 4.74 Å². The van der Waals surface area contributed by atoms with Gasteiger partial charge in [-0.05, 0) is 35.2 Å². The molecule has 0 bridgehead atoms. The van der Waals surface area contributed by atoms with Gasteiger partial charge in [0.05, 0.1) is 24.6 Å². The van der Waals surface area contributed by atoms with E-state index in [2.05, 4.69) is 54.1 Å². The summed E-state index contributed by atoms with van der Waals surface area (Å²) in [6.45, 7) is 5.45. The molecule has 3 rings (SSSR count). The Morgan fingerprint density at radius 3 is 2.33 bits per heavy atom. The van der Waals surface area contributed by atoms with E-state index in [0.29, 0.717) is 19.1 Å². The van der Waals surface area contributed by atoms with Gasteiger partial charge in [0.1, 0.15) is 0 Å². The Labute approximate surface area is 143 Å². The lowest BCUT2D eigenvalue weighted by Crippen LogP contribution is -1.97. The van der Waals surface area contributed by atoms with Gasteiger partial charge < -0.3 is 4.74 Å². The van der Waals surface area contributed by atoms with Gasteiger partial charge >= 0.3 is 0 Å². The zero-order valence-electron chi connectivity index (χ0n) is 14.1. The molecule has 2 aromatic heterocycles. The van der Waals surface area contributed by atoms with Gasteiger partial charge in [-0.1, -0.05) is 50.2 Å². The second kappa shape index (κ2) is 7.84. The molecular formula is C21H22N2O. The zero-order chi connectivity index (χ0) is 16.8. The average molecular weight is 318 g/mol. The number of ether oxygens (including phenoxy) is 1. The van der Waals surface area contributed by atoms with Crippen molar-refractivity contribution in [1.29, 1.82) is 0 Å². The molecule has 0 unspecified atom stereocenters. The molecule has 0 amide bonds. The largest absolute Gasteiger partial charge is 0.370 e. The van der Waals surface area contributed by atoms with Gasteiger partial charge in [-0.2, -0.15) is 0 Å². The van der Waals surface area contributed by atoms with Crippen LogP contribution in [0.5, 0.6) is 0 Å². The SMILES string of the molecule is CC(C)c1ccc(-c2ccc(COCc3ccccn3)cn2)cc1. The molecule has 2 heterocycles. The summed E-state index contributed by atoms with van der Waals surface area (Å²) in [5.41, 5.74) is 5.47. The van der Waals surface area contributed by atoms with Gasteiger partial charge in [0.2, 0.25) is 0 Å². The molecule has 122 valence electrons. The molecule has 3 heteroatoms. The summed E-state index contributed by atoms with van der Waals surface area (Å²) < 4.78 is 5.69. The maximum absolute atomic E-state index is 5.69. The van der Waals surface area contributed by atoms with Crippen molar-refractivity contribution in [1.82, 2.24) is 9.97 Å². The highest BCUT2D eigenvalue weighted by Crippen LogP contribution is 2.21. The van der Waals surface area contributed by atoms with Crippen LogP contribution in [0.2, 0.25) is 0 Å². The van der Waals surface area contributed by atoms with Crippen molar-refractivity contribution in [3.8, 4) is 11.3 Å². The molecular weight excluding hydrogens is 296 g/mol. The van der Waals surface area contributed by atoms with Gasteiger partial charge in [-0.15, -0.1) is 0 Å². The monoisotopic (exact) mass is 318 g/mol.